The number of hydrogen-bond acceptors (Lipinski definition) is 10. The van der Waals surface area contributed by atoms with Gasteiger partial charge < -0.3 is 30.7 Å². The molecule has 0 saturated carbocycles. The van der Waals surface area contributed by atoms with Gasteiger partial charge in [-0.3, -0.25) is 0 Å². The molecule has 5 N–H and O–H groups in total. The smallest absolute Gasteiger partial charge is 0.227 e. The number of methoxy groups -OCH3 is 1. The van der Waals surface area contributed by atoms with Crippen molar-refractivity contribution in [2.75, 3.05) is 24.4 Å². The van der Waals surface area contributed by atoms with Gasteiger partial charge in [0.15, 0.2) is 28.5 Å². The number of benzene rings is 1. The Morgan fingerprint density at radius 2 is 1.93 bits per heavy atom. The van der Waals surface area contributed by atoms with Crippen molar-refractivity contribution in [1.82, 2.24) is 25.0 Å². The molecule has 1 atom stereocenters. The molecule has 0 aliphatic heterocycles. The summed E-state index contributed by atoms with van der Waals surface area (Å²) in [7, 11) is 1.41. The van der Waals surface area contributed by atoms with E-state index in [1.165, 1.54) is 19.2 Å². The zero-order chi connectivity index (χ0) is 21.8. The summed E-state index contributed by atoms with van der Waals surface area (Å²) in [5, 5.41) is 44.4. The van der Waals surface area contributed by atoms with Crippen molar-refractivity contribution in [2.45, 2.75) is 39.9 Å². The summed E-state index contributed by atoms with van der Waals surface area (Å²) in [6.45, 7) is 6.59. The van der Waals surface area contributed by atoms with Gasteiger partial charge in [-0.25, -0.2) is 4.68 Å². The second-order valence-corrected chi connectivity index (χ2v) is 7.16. The minimum atomic E-state index is -0.219. The van der Waals surface area contributed by atoms with Gasteiger partial charge in [0.25, 0.3) is 0 Å². The predicted octanol–water partition coefficient (Wildman–Crippen LogP) is 1.70. The van der Waals surface area contributed by atoms with Crippen molar-refractivity contribution in [1.29, 1.82) is 0 Å². The fraction of sp³-hybridized carbons (Fsp3) is 0.474. The fourth-order valence-corrected chi connectivity index (χ4v) is 2.93. The van der Waals surface area contributed by atoms with Crippen LogP contribution in [0.25, 0.3) is 11.2 Å². The third-order valence-corrected chi connectivity index (χ3v) is 4.80. The summed E-state index contributed by atoms with van der Waals surface area (Å²) >= 11 is 0. The predicted molar refractivity (Wildman–Crippen MR) is 112 cm³/mol. The molecule has 0 bridgehead atoms. The first-order valence-electron chi connectivity index (χ1n) is 9.69. The molecule has 11 heteroatoms. The first-order chi connectivity index (χ1) is 14.4. The SMILES string of the molecule is CCn1nnc2c(NCc3cc(O)c(OC)cc3O)nc(N[C@@H](CO)C(C)C)nc21. The molecule has 0 fully saturated rings. The van der Waals surface area contributed by atoms with Crippen LogP contribution in [0, 0.1) is 5.92 Å². The van der Waals surface area contributed by atoms with E-state index in [9.17, 15) is 15.3 Å². The number of aromatic hydroxyl groups is 2. The number of rotatable bonds is 9. The summed E-state index contributed by atoms with van der Waals surface area (Å²) in [5.41, 5.74) is 1.47. The maximum absolute atomic E-state index is 10.2. The number of aliphatic hydroxyl groups excluding tert-OH is 1. The van der Waals surface area contributed by atoms with Gasteiger partial charge in [0, 0.05) is 24.7 Å². The number of hydrogen-bond donors (Lipinski definition) is 5. The molecule has 0 aliphatic carbocycles. The van der Waals surface area contributed by atoms with Crippen molar-refractivity contribution in [2.24, 2.45) is 5.92 Å². The van der Waals surface area contributed by atoms with Crippen LogP contribution >= 0.6 is 0 Å². The number of aromatic nitrogens is 5. The summed E-state index contributed by atoms with van der Waals surface area (Å²) < 4.78 is 6.64. The second-order valence-electron chi connectivity index (χ2n) is 7.16. The van der Waals surface area contributed by atoms with E-state index in [4.69, 9.17) is 4.74 Å². The summed E-state index contributed by atoms with van der Waals surface area (Å²) in [6, 6.07) is 2.54. The van der Waals surface area contributed by atoms with Gasteiger partial charge in [0.2, 0.25) is 5.95 Å². The monoisotopic (exact) mass is 417 g/mol. The number of ether oxygens (including phenoxy) is 1. The number of anilines is 2. The average Bonchev–Trinajstić information content (AvgIpc) is 3.14. The standard InChI is InChI=1S/C19H27N7O4/c1-5-26-18-16(24-25-26)17(22-19(23-18)21-12(9-27)10(2)3)20-8-11-6-14(29)15(30-4)7-13(11)28/h6-7,10,12,27-29H,5,8-9H2,1-4H3,(H2,20,21,22,23)/t12-/m0/s1. The zero-order valence-electron chi connectivity index (χ0n) is 17.4. The number of phenolic OH excluding ortho intramolecular Hbond substituents is 2. The van der Waals surface area contributed by atoms with Gasteiger partial charge in [-0.1, -0.05) is 19.1 Å². The van der Waals surface area contributed by atoms with Crippen LogP contribution in [0.2, 0.25) is 0 Å². The Labute approximate surface area is 173 Å². The molecule has 0 radical (unpaired) electrons. The second kappa shape index (κ2) is 8.99. The number of nitrogens with one attached hydrogen (secondary N) is 2. The molecule has 162 valence electrons. The van der Waals surface area contributed by atoms with E-state index in [2.05, 4.69) is 30.9 Å². The molecule has 0 amide bonds. The largest absolute Gasteiger partial charge is 0.507 e. The van der Waals surface area contributed by atoms with Crippen LogP contribution in [0.1, 0.15) is 26.3 Å². The Kier molecular flexibility index (Phi) is 6.40. The van der Waals surface area contributed by atoms with E-state index in [1.54, 1.807) is 4.68 Å². The molecule has 0 aliphatic rings. The van der Waals surface area contributed by atoms with Crippen molar-refractivity contribution in [3.63, 3.8) is 0 Å². The van der Waals surface area contributed by atoms with E-state index >= 15 is 0 Å². The van der Waals surface area contributed by atoms with Crippen LogP contribution in [-0.4, -0.2) is 60.0 Å². The van der Waals surface area contributed by atoms with Gasteiger partial charge in [0.05, 0.1) is 19.8 Å². The van der Waals surface area contributed by atoms with Crippen molar-refractivity contribution in [3.8, 4) is 17.2 Å². The van der Waals surface area contributed by atoms with Gasteiger partial charge >= 0.3 is 0 Å². The summed E-state index contributed by atoms with van der Waals surface area (Å²) in [5.74, 6) is 0.981. The zero-order valence-corrected chi connectivity index (χ0v) is 17.4. The van der Waals surface area contributed by atoms with Crippen LogP contribution in [0.15, 0.2) is 12.1 Å². The molecular formula is C19H27N7O4. The lowest BCUT2D eigenvalue weighted by atomic mass is 10.1. The van der Waals surface area contributed by atoms with E-state index < -0.39 is 0 Å². The third kappa shape index (κ3) is 4.30. The third-order valence-electron chi connectivity index (χ3n) is 4.80. The van der Waals surface area contributed by atoms with Gasteiger partial charge in [-0.05, 0) is 18.9 Å². The van der Waals surface area contributed by atoms with Crippen LogP contribution in [0.4, 0.5) is 11.8 Å². The van der Waals surface area contributed by atoms with Crippen molar-refractivity contribution >= 4 is 22.9 Å². The first-order valence-corrected chi connectivity index (χ1v) is 9.69. The van der Waals surface area contributed by atoms with Crippen LogP contribution in [0.5, 0.6) is 17.2 Å². The van der Waals surface area contributed by atoms with E-state index in [1.807, 2.05) is 20.8 Å². The van der Waals surface area contributed by atoms with Gasteiger partial charge in [-0.2, -0.15) is 9.97 Å². The Balaban J connectivity index is 1.94. The van der Waals surface area contributed by atoms with Crippen LogP contribution < -0.4 is 15.4 Å². The Bertz CT molecular complexity index is 1020. The van der Waals surface area contributed by atoms with E-state index in [0.29, 0.717) is 35.0 Å². The number of fused-ring (bicyclic) bond motifs is 1. The molecule has 1 aromatic carbocycles. The lowest BCUT2D eigenvalue weighted by Crippen LogP contribution is -2.30. The molecule has 0 saturated heterocycles. The quantitative estimate of drug-likeness (QED) is 0.325. The molecule has 2 aromatic heterocycles. The summed E-state index contributed by atoms with van der Waals surface area (Å²) in [4.78, 5) is 9.00. The van der Waals surface area contributed by atoms with Gasteiger partial charge in [-0.15, -0.1) is 5.10 Å². The van der Waals surface area contributed by atoms with E-state index in [-0.39, 0.29) is 42.4 Å². The first kappa shape index (κ1) is 21.4. The maximum atomic E-state index is 10.2. The molecule has 2 heterocycles. The lowest BCUT2D eigenvalue weighted by Gasteiger charge is -2.20. The number of aryl methyl sites for hydroxylation is 1. The van der Waals surface area contributed by atoms with Crippen molar-refractivity contribution in [3.05, 3.63) is 17.7 Å². The molecule has 0 spiro atoms. The molecule has 30 heavy (non-hydrogen) atoms. The van der Waals surface area contributed by atoms with Crippen LogP contribution in [0.3, 0.4) is 0 Å². The Hall–Kier alpha value is -3.34. The number of phenols is 2. The topological polar surface area (TPSA) is 150 Å². The molecule has 11 nitrogen and oxygen atoms in total. The minimum absolute atomic E-state index is 0.0295. The highest BCUT2D eigenvalue weighted by molar-refractivity contribution is 5.83. The van der Waals surface area contributed by atoms with Gasteiger partial charge in [0.1, 0.15) is 5.75 Å². The highest BCUT2D eigenvalue weighted by Crippen LogP contribution is 2.33. The van der Waals surface area contributed by atoms with Crippen LogP contribution in [-0.2, 0) is 13.1 Å². The lowest BCUT2D eigenvalue weighted by molar-refractivity contribution is 0.248. The van der Waals surface area contributed by atoms with E-state index in [0.717, 1.165) is 0 Å². The fourth-order valence-electron chi connectivity index (χ4n) is 2.93. The number of aliphatic hydroxyl groups is 1. The molecule has 3 aromatic rings. The highest BCUT2D eigenvalue weighted by Gasteiger charge is 2.18. The number of nitrogens with zero attached hydrogens (tertiary/aromatic N) is 5. The van der Waals surface area contributed by atoms with Crippen molar-refractivity contribution < 1.29 is 20.1 Å². The Morgan fingerprint density at radius 1 is 1.17 bits per heavy atom. The Morgan fingerprint density at radius 3 is 2.57 bits per heavy atom. The average molecular weight is 417 g/mol. The maximum Gasteiger partial charge on any atom is 0.227 e. The molecule has 3 rings (SSSR count). The molecular weight excluding hydrogens is 390 g/mol. The highest BCUT2D eigenvalue weighted by atomic mass is 16.5. The molecule has 0 unspecified atom stereocenters. The minimum Gasteiger partial charge on any atom is -0.507 e. The summed E-state index contributed by atoms with van der Waals surface area (Å²) in [6.07, 6.45) is 0. The normalized spacial score (nSPS) is 12.3.